The molecule has 0 aliphatic rings. The lowest BCUT2D eigenvalue weighted by Gasteiger charge is -2.04. The molecule has 0 heterocycles. The van der Waals surface area contributed by atoms with Gasteiger partial charge in [-0.05, 0) is 0 Å². The number of hydrogen-bond acceptors (Lipinski definition) is 2. The lowest BCUT2D eigenvalue weighted by molar-refractivity contribution is 0.213. The molecule has 0 rings (SSSR count). The van der Waals surface area contributed by atoms with Gasteiger partial charge in [-0.1, -0.05) is 31.9 Å². The summed E-state index contributed by atoms with van der Waals surface area (Å²) in [6.45, 7) is -0.0631. The highest BCUT2D eigenvalue weighted by atomic mass is 79.9. The first-order valence-electron chi connectivity index (χ1n) is 1.75. The topological polar surface area (TPSA) is 40.5 Å². The average Bonchev–Trinajstić information content (AvgIpc) is 1.65. The zero-order valence-corrected chi connectivity index (χ0v) is 6.68. The van der Waals surface area contributed by atoms with Crippen molar-refractivity contribution in [3.8, 4) is 0 Å². The van der Waals surface area contributed by atoms with Gasteiger partial charge in [0.1, 0.15) is 5.01 Å². The SMILES string of the molecule is OCC(Br)C(O)Br. The molecule has 0 spiro atoms. The van der Waals surface area contributed by atoms with Gasteiger partial charge in [-0.2, -0.15) is 0 Å². The quantitative estimate of drug-likeness (QED) is 0.681. The minimum atomic E-state index is -0.655. The molecule has 0 radical (unpaired) electrons. The molecule has 0 aliphatic heterocycles. The number of hydrogen-bond donors (Lipinski definition) is 2. The van der Waals surface area contributed by atoms with Gasteiger partial charge in [0.05, 0.1) is 11.4 Å². The second-order valence-electron chi connectivity index (χ2n) is 1.07. The van der Waals surface area contributed by atoms with E-state index in [0.717, 1.165) is 0 Å². The van der Waals surface area contributed by atoms with Crippen LogP contribution in [0.2, 0.25) is 0 Å². The molecule has 2 N–H and O–H groups in total. The van der Waals surface area contributed by atoms with Crippen molar-refractivity contribution in [2.45, 2.75) is 9.84 Å². The summed E-state index contributed by atoms with van der Waals surface area (Å²) in [4.78, 5) is -0.257. The Morgan fingerprint density at radius 1 is 1.43 bits per heavy atom. The van der Waals surface area contributed by atoms with Crippen molar-refractivity contribution in [3.05, 3.63) is 0 Å². The van der Waals surface area contributed by atoms with Crippen LogP contribution in [-0.4, -0.2) is 26.7 Å². The van der Waals surface area contributed by atoms with Gasteiger partial charge in [-0.25, -0.2) is 0 Å². The highest BCUT2D eigenvalue weighted by Gasteiger charge is 2.08. The van der Waals surface area contributed by atoms with Gasteiger partial charge in [-0.15, -0.1) is 0 Å². The Labute approximate surface area is 58.8 Å². The molecule has 0 aromatic carbocycles. The third kappa shape index (κ3) is 3.46. The molecule has 0 fully saturated rings. The molecule has 0 saturated heterocycles. The molecule has 0 aliphatic carbocycles. The zero-order valence-electron chi connectivity index (χ0n) is 3.51. The van der Waals surface area contributed by atoms with Crippen molar-refractivity contribution in [2.24, 2.45) is 0 Å². The maximum atomic E-state index is 8.53. The number of rotatable bonds is 2. The van der Waals surface area contributed by atoms with Gasteiger partial charge >= 0.3 is 0 Å². The van der Waals surface area contributed by atoms with Crippen LogP contribution in [0.1, 0.15) is 0 Å². The predicted octanol–water partition coefficient (Wildman–Crippen LogP) is 0.456. The second-order valence-corrected chi connectivity index (χ2v) is 3.19. The molecule has 0 amide bonds. The van der Waals surface area contributed by atoms with Crippen LogP contribution in [-0.2, 0) is 0 Å². The minimum Gasteiger partial charge on any atom is -0.395 e. The van der Waals surface area contributed by atoms with Gasteiger partial charge < -0.3 is 10.2 Å². The highest BCUT2D eigenvalue weighted by molar-refractivity contribution is 9.12. The van der Waals surface area contributed by atoms with E-state index >= 15 is 0 Å². The lowest BCUT2D eigenvalue weighted by atomic mass is 10.5. The van der Waals surface area contributed by atoms with Crippen LogP contribution >= 0.6 is 31.9 Å². The zero-order chi connectivity index (χ0) is 5.86. The van der Waals surface area contributed by atoms with Crippen LogP contribution in [0.25, 0.3) is 0 Å². The molecule has 0 aromatic rings. The van der Waals surface area contributed by atoms with E-state index in [1.54, 1.807) is 0 Å². The average molecular weight is 234 g/mol. The van der Waals surface area contributed by atoms with Crippen molar-refractivity contribution < 1.29 is 10.2 Å². The van der Waals surface area contributed by atoms with Crippen LogP contribution in [0.4, 0.5) is 0 Å². The van der Waals surface area contributed by atoms with E-state index in [1.807, 2.05) is 0 Å². The van der Waals surface area contributed by atoms with E-state index in [9.17, 15) is 0 Å². The molecule has 0 saturated carbocycles. The summed E-state index contributed by atoms with van der Waals surface area (Å²) < 4.78 is 0. The smallest absolute Gasteiger partial charge is 0.123 e. The summed E-state index contributed by atoms with van der Waals surface area (Å²) in [5, 5.41) is 16.1. The fourth-order valence-corrected chi connectivity index (χ4v) is 0.254. The Morgan fingerprint density at radius 3 is 1.86 bits per heavy atom. The summed E-state index contributed by atoms with van der Waals surface area (Å²) in [6, 6.07) is 0. The van der Waals surface area contributed by atoms with Crippen LogP contribution in [0.15, 0.2) is 0 Å². The van der Waals surface area contributed by atoms with E-state index in [1.165, 1.54) is 0 Å². The summed E-state index contributed by atoms with van der Waals surface area (Å²) in [5.41, 5.74) is 0. The molecule has 0 aromatic heterocycles. The predicted molar refractivity (Wildman–Crippen MR) is 34.7 cm³/mol. The van der Waals surface area contributed by atoms with Crippen molar-refractivity contribution in [3.63, 3.8) is 0 Å². The number of aliphatic hydroxyl groups excluding tert-OH is 2. The number of alkyl halides is 2. The van der Waals surface area contributed by atoms with Crippen molar-refractivity contribution in [2.75, 3.05) is 6.61 Å². The van der Waals surface area contributed by atoms with Gasteiger partial charge in [-0.3, -0.25) is 0 Å². The summed E-state index contributed by atoms with van der Waals surface area (Å²) >= 11 is 5.84. The van der Waals surface area contributed by atoms with E-state index < -0.39 is 5.01 Å². The van der Waals surface area contributed by atoms with E-state index in [-0.39, 0.29) is 11.4 Å². The van der Waals surface area contributed by atoms with E-state index in [0.29, 0.717) is 0 Å². The Hall–Kier alpha value is 0.880. The summed E-state index contributed by atoms with van der Waals surface area (Å²) in [7, 11) is 0. The van der Waals surface area contributed by atoms with Crippen molar-refractivity contribution in [1.82, 2.24) is 0 Å². The summed E-state index contributed by atoms with van der Waals surface area (Å²) in [5.74, 6) is 0. The van der Waals surface area contributed by atoms with E-state index in [2.05, 4.69) is 31.9 Å². The first-order valence-corrected chi connectivity index (χ1v) is 3.58. The van der Waals surface area contributed by atoms with Gasteiger partial charge in [0.25, 0.3) is 0 Å². The second kappa shape index (κ2) is 3.83. The third-order valence-electron chi connectivity index (χ3n) is 0.473. The maximum absolute atomic E-state index is 8.53. The number of aliphatic hydroxyl groups is 2. The molecule has 4 heteroatoms. The fourth-order valence-electron chi connectivity index (χ4n) is 0.0870. The number of halogens is 2. The molecule has 2 atom stereocenters. The van der Waals surface area contributed by atoms with Crippen LogP contribution < -0.4 is 0 Å². The van der Waals surface area contributed by atoms with Crippen LogP contribution in [0.5, 0.6) is 0 Å². The maximum Gasteiger partial charge on any atom is 0.123 e. The lowest BCUT2D eigenvalue weighted by Crippen LogP contribution is -2.16. The third-order valence-corrected chi connectivity index (χ3v) is 2.61. The Kier molecular flexibility index (Phi) is 4.31. The Morgan fingerprint density at radius 2 is 1.86 bits per heavy atom. The minimum absolute atomic E-state index is 0.0631. The monoisotopic (exact) mass is 232 g/mol. The molecule has 0 bridgehead atoms. The Bertz CT molecular complexity index is 48.2. The Balaban J connectivity index is 3.14. The first kappa shape index (κ1) is 7.88. The van der Waals surface area contributed by atoms with Gasteiger partial charge in [0.15, 0.2) is 0 Å². The molecule has 2 nitrogen and oxygen atoms in total. The normalized spacial score (nSPS) is 18.9. The molecule has 2 unspecified atom stereocenters. The van der Waals surface area contributed by atoms with E-state index in [4.69, 9.17) is 10.2 Å². The largest absolute Gasteiger partial charge is 0.395 e. The first-order chi connectivity index (χ1) is 3.18. The van der Waals surface area contributed by atoms with Crippen molar-refractivity contribution in [1.29, 1.82) is 0 Å². The van der Waals surface area contributed by atoms with Crippen molar-refractivity contribution >= 4 is 31.9 Å². The summed E-state index contributed by atoms with van der Waals surface area (Å²) in [6.07, 6.45) is 0. The molecular weight excluding hydrogens is 228 g/mol. The standard InChI is InChI=1S/C3H6Br2O2/c4-2(1-6)3(5)7/h2-3,6-7H,1H2. The molecular formula is C3H6Br2O2. The molecule has 44 valence electrons. The van der Waals surface area contributed by atoms with Crippen LogP contribution in [0.3, 0.4) is 0 Å². The van der Waals surface area contributed by atoms with Gasteiger partial charge in [0.2, 0.25) is 0 Å². The highest BCUT2D eigenvalue weighted by Crippen LogP contribution is 2.09. The molecule has 7 heavy (non-hydrogen) atoms. The fraction of sp³-hybridized carbons (Fsp3) is 1.00. The van der Waals surface area contributed by atoms with Gasteiger partial charge in [0, 0.05) is 0 Å². The van der Waals surface area contributed by atoms with Crippen LogP contribution in [0, 0.1) is 0 Å².